The van der Waals surface area contributed by atoms with Crippen LogP contribution in [0.3, 0.4) is 0 Å². The molecular formula is C12H18ClF3N2O2S. The van der Waals surface area contributed by atoms with E-state index in [2.05, 4.69) is 4.72 Å². The van der Waals surface area contributed by atoms with Crippen LogP contribution in [0, 0.1) is 0 Å². The van der Waals surface area contributed by atoms with Crippen molar-refractivity contribution in [3.8, 4) is 0 Å². The minimum absolute atomic E-state index is 0. The second-order valence-electron chi connectivity index (χ2n) is 5.22. The fourth-order valence-electron chi connectivity index (χ4n) is 1.47. The zero-order valence-electron chi connectivity index (χ0n) is 11.6. The van der Waals surface area contributed by atoms with E-state index in [-0.39, 0.29) is 24.5 Å². The fourth-order valence-corrected chi connectivity index (χ4v) is 2.83. The highest BCUT2D eigenvalue weighted by molar-refractivity contribution is 7.88. The number of alkyl halides is 3. The van der Waals surface area contributed by atoms with Gasteiger partial charge in [-0.1, -0.05) is 18.2 Å². The molecule has 0 aliphatic heterocycles. The Hall–Kier alpha value is -0.830. The number of hydrogen-bond donors (Lipinski definition) is 2. The van der Waals surface area contributed by atoms with Gasteiger partial charge in [-0.3, -0.25) is 0 Å². The molecule has 0 spiro atoms. The molecule has 0 bridgehead atoms. The van der Waals surface area contributed by atoms with Crippen LogP contribution in [0.4, 0.5) is 13.2 Å². The number of nitrogens with two attached hydrogens (primary N) is 1. The van der Waals surface area contributed by atoms with Gasteiger partial charge in [0.25, 0.3) is 0 Å². The zero-order chi connectivity index (χ0) is 15.6. The summed E-state index contributed by atoms with van der Waals surface area (Å²) in [5.41, 5.74) is 3.61. The molecule has 0 saturated carbocycles. The van der Waals surface area contributed by atoms with E-state index in [1.54, 1.807) is 13.8 Å². The van der Waals surface area contributed by atoms with Crippen LogP contribution < -0.4 is 10.5 Å². The highest BCUT2D eigenvalue weighted by Crippen LogP contribution is 2.32. The molecule has 1 aromatic rings. The third-order valence-electron chi connectivity index (χ3n) is 2.42. The molecule has 21 heavy (non-hydrogen) atoms. The summed E-state index contributed by atoms with van der Waals surface area (Å²) < 4.78 is 64.1. The molecule has 1 aromatic carbocycles. The summed E-state index contributed by atoms with van der Waals surface area (Å²) in [6.45, 7) is 3.17. The standard InChI is InChI=1S/C12H17F3N2O2S.ClH/c1-11(2,16)8-17-20(18,19)7-9-5-3-4-6-10(9)12(13,14)15;/h3-6,17H,7-8,16H2,1-2H3;1H. The van der Waals surface area contributed by atoms with Crippen LogP contribution in [-0.2, 0) is 22.0 Å². The molecule has 4 nitrogen and oxygen atoms in total. The van der Waals surface area contributed by atoms with Gasteiger partial charge >= 0.3 is 6.18 Å². The van der Waals surface area contributed by atoms with Crippen molar-refractivity contribution in [1.82, 2.24) is 4.72 Å². The molecule has 9 heteroatoms. The summed E-state index contributed by atoms with van der Waals surface area (Å²) in [5.74, 6) is -0.737. The van der Waals surface area contributed by atoms with Crippen molar-refractivity contribution in [2.45, 2.75) is 31.3 Å². The van der Waals surface area contributed by atoms with Crippen molar-refractivity contribution in [3.63, 3.8) is 0 Å². The number of hydrogen-bond acceptors (Lipinski definition) is 3. The first-order chi connectivity index (χ1) is 8.91. The Bertz CT molecular complexity index is 569. The van der Waals surface area contributed by atoms with E-state index in [1.165, 1.54) is 12.1 Å². The Morgan fingerprint density at radius 3 is 2.19 bits per heavy atom. The van der Waals surface area contributed by atoms with Gasteiger partial charge in [0.15, 0.2) is 0 Å². The molecule has 0 saturated heterocycles. The molecule has 0 fully saturated rings. The molecule has 3 N–H and O–H groups in total. The smallest absolute Gasteiger partial charge is 0.324 e. The van der Waals surface area contributed by atoms with Gasteiger partial charge in [0.1, 0.15) is 0 Å². The van der Waals surface area contributed by atoms with Crippen molar-refractivity contribution >= 4 is 22.4 Å². The van der Waals surface area contributed by atoms with Gasteiger partial charge in [-0.2, -0.15) is 13.2 Å². The number of rotatable bonds is 5. The first-order valence-corrected chi connectivity index (χ1v) is 7.47. The summed E-state index contributed by atoms with van der Waals surface area (Å²) in [4.78, 5) is 0. The number of sulfonamides is 1. The number of benzene rings is 1. The van der Waals surface area contributed by atoms with Gasteiger partial charge in [0, 0.05) is 12.1 Å². The van der Waals surface area contributed by atoms with E-state index < -0.39 is 33.1 Å². The topological polar surface area (TPSA) is 72.2 Å². The van der Waals surface area contributed by atoms with Crippen LogP contribution in [0.25, 0.3) is 0 Å². The van der Waals surface area contributed by atoms with Gasteiger partial charge in [0.2, 0.25) is 10.0 Å². The largest absolute Gasteiger partial charge is 0.416 e. The molecule has 1 rings (SSSR count). The van der Waals surface area contributed by atoms with Crippen LogP contribution in [0.2, 0.25) is 0 Å². The highest BCUT2D eigenvalue weighted by atomic mass is 35.5. The van der Waals surface area contributed by atoms with Crippen molar-refractivity contribution in [2.75, 3.05) is 6.54 Å². The molecule has 0 heterocycles. The molecular weight excluding hydrogens is 329 g/mol. The second-order valence-corrected chi connectivity index (χ2v) is 7.03. The van der Waals surface area contributed by atoms with Crippen molar-refractivity contribution in [3.05, 3.63) is 35.4 Å². The highest BCUT2D eigenvalue weighted by Gasteiger charge is 2.34. The number of halogens is 4. The number of nitrogens with one attached hydrogen (secondary N) is 1. The summed E-state index contributed by atoms with van der Waals surface area (Å²) in [6, 6.07) is 4.59. The minimum Gasteiger partial charge on any atom is -0.324 e. The summed E-state index contributed by atoms with van der Waals surface area (Å²) in [6.07, 6.45) is -4.58. The fraction of sp³-hybridized carbons (Fsp3) is 0.500. The summed E-state index contributed by atoms with van der Waals surface area (Å²) in [5, 5.41) is 0. The molecule has 122 valence electrons. The molecule has 0 radical (unpaired) electrons. The van der Waals surface area contributed by atoms with Crippen molar-refractivity contribution < 1.29 is 21.6 Å². The van der Waals surface area contributed by atoms with Gasteiger partial charge in [-0.15, -0.1) is 12.4 Å². The van der Waals surface area contributed by atoms with Crippen LogP contribution in [0.15, 0.2) is 24.3 Å². The maximum absolute atomic E-state index is 12.8. The maximum atomic E-state index is 12.8. The monoisotopic (exact) mass is 346 g/mol. The normalized spacial score (nSPS) is 12.9. The Labute approximate surface area is 128 Å². The molecule has 0 aliphatic rings. The Morgan fingerprint density at radius 2 is 1.71 bits per heavy atom. The first kappa shape index (κ1) is 20.2. The van der Waals surface area contributed by atoms with Crippen molar-refractivity contribution in [2.24, 2.45) is 5.73 Å². The summed E-state index contributed by atoms with van der Waals surface area (Å²) in [7, 11) is -3.88. The molecule has 0 amide bonds. The van der Waals surface area contributed by atoms with Gasteiger partial charge in [-0.25, -0.2) is 13.1 Å². The van der Waals surface area contributed by atoms with Gasteiger partial charge in [-0.05, 0) is 25.5 Å². The van der Waals surface area contributed by atoms with E-state index in [9.17, 15) is 21.6 Å². The van der Waals surface area contributed by atoms with E-state index >= 15 is 0 Å². The zero-order valence-corrected chi connectivity index (χ0v) is 13.2. The van der Waals surface area contributed by atoms with E-state index in [0.717, 1.165) is 12.1 Å². The van der Waals surface area contributed by atoms with Crippen molar-refractivity contribution in [1.29, 1.82) is 0 Å². The van der Waals surface area contributed by atoms with Gasteiger partial charge in [0.05, 0.1) is 11.3 Å². The third-order valence-corrected chi connectivity index (χ3v) is 3.69. The lowest BCUT2D eigenvalue weighted by Gasteiger charge is -2.19. The minimum atomic E-state index is -4.58. The molecule has 0 aliphatic carbocycles. The van der Waals surface area contributed by atoms with Crippen LogP contribution in [-0.4, -0.2) is 20.5 Å². The van der Waals surface area contributed by atoms with E-state index in [1.807, 2.05) is 0 Å². The Morgan fingerprint density at radius 1 is 1.19 bits per heavy atom. The predicted octanol–water partition coefficient (Wildman–Crippen LogP) is 2.28. The van der Waals surface area contributed by atoms with Crippen LogP contribution >= 0.6 is 12.4 Å². The lowest BCUT2D eigenvalue weighted by atomic mass is 10.1. The van der Waals surface area contributed by atoms with Crippen LogP contribution in [0.1, 0.15) is 25.0 Å². The lowest BCUT2D eigenvalue weighted by Crippen LogP contribution is -2.45. The second kappa shape index (κ2) is 6.95. The quantitative estimate of drug-likeness (QED) is 0.859. The lowest BCUT2D eigenvalue weighted by molar-refractivity contribution is -0.138. The average Bonchev–Trinajstić information content (AvgIpc) is 2.24. The Kier molecular flexibility index (Phi) is 6.68. The molecule has 0 unspecified atom stereocenters. The summed E-state index contributed by atoms with van der Waals surface area (Å²) >= 11 is 0. The van der Waals surface area contributed by atoms with E-state index in [4.69, 9.17) is 5.73 Å². The van der Waals surface area contributed by atoms with Gasteiger partial charge < -0.3 is 5.73 Å². The predicted molar refractivity (Wildman–Crippen MR) is 77.6 cm³/mol. The Balaban J connectivity index is 0.00000400. The third kappa shape index (κ3) is 7.12. The van der Waals surface area contributed by atoms with E-state index in [0.29, 0.717) is 0 Å². The first-order valence-electron chi connectivity index (χ1n) is 5.82. The molecule has 0 aromatic heterocycles. The maximum Gasteiger partial charge on any atom is 0.416 e. The molecule has 0 atom stereocenters. The van der Waals surface area contributed by atoms with Crippen LogP contribution in [0.5, 0.6) is 0 Å². The average molecular weight is 347 g/mol. The SMILES string of the molecule is CC(C)(N)CNS(=O)(=O)Cc1ccccc1C(F)(F)F.Cl.